The lowest BCUT2D eigenvalue weighted by Crippen LogP contribution is -2.36. The van der Waals surface area contributed by atoms with Gasteiger partial charge in [0.2, 0.25) is 0 Å². The van der Waals surface area contributed by atoms with Crippen molar-refractivity contribution in [3.8, 4) is 0 Å². The smallest absolute Gasteiger partial charge is 0.407 e. The molecule has 0 aliphatic rings. The van der Waals surface area contributed by atoms with Crippen molar-refractivity contribution in [1.29, 1.82) is 0 Å². The van der Waals surface area contributed by atoms with E-state index in [1.807, 2.05) is 20.8 Å². The van der Waals surface area contributed by atoms with Gasteiger partial charge in [0.1, 0.15) is 5.60 Å². The molecule has 0 saturated heterocycles. The summed E-state index contributed by atoms with van der Waals surface area (Å²) < 4.78 is 5.61. The summed E-state index contributed by atoms with van der Waals surface area (Å²) in [6.07, 6.45) is 0.802. The maximum Gasteiger partial charge on any atom is 0.407 e. The van der Waals surface area contributed by atoms with Gasteiger partial charge in [0.15, 0.2) is 0 Å². The topological polar surface area (TPSA) is 38.3 Å². The van der Waals surface area contributed by atoms with E-state index in [1.54, 1.807) is 0 Å². The Morgan fingerprint density at radius 1 is 1.47 bits per heavy atom. The molecule has 0 spiro atoms. The fourth-order valence-electron chi connectivity index (χ4n) is 0.952. The van der Waals surface area contributed by atoms with Crippen molar-refractivity contribution in [1.82, 2.24) is 5.32 Å². The molecule has 1 amide bonds. The number of carbonyl (C=O) groups excluding carboxylic acids is 1. The lowest BCUT2D eigenvalue weighted by atomic mass is 10.1. The van der Waals surface area contributed by atoms with Crippen LogP contribution in [0.1, 0.15) is 41.0 Å². The molecule has 0 saturated carbocycles. The first-order valence-electron chi connectivity index (χ1n) is 5.37. The molecule has 1 unspecified atom stereocenters. The van der Waals surface area contributed by atoms with Gasteiger partial charge < -0.3 is 10.1 Å². The summed E-state index contributed by atoms with van der Waals surface area (Å²) in [6, 6.07) is 0. The SMILES string of the molecule is CCC(C)[C@H](I)CNC(=O)OC(C)(C)C. The van der Waals surface area contributed by atoms with Gasteiger partial charge in [0.25, 0.3) is 0 Å². The second kappa shape index (κ2) is 6.55. The van der Waals surface area contributed by atoms with Crippen molar-refractivity contribution in [3.05, 3.63) is 0 Å². The Morgan fingerprint density at radius 3 is 2.40 bits per heavy atom. The minimum atomic E-state index is -0.415. The number of nitrogens with one attached hydrogen (secondary N) is 1. The highest BCUT2D eigenvalue weighted by Gasteiger charge is 2.18. The van der Waals surface area contributed by atoms with Crippen LogP contribution in [0.25, 0.3) is 0 Å². The number of rotatable bonds is 4. The quantitative estimate of drug-likeness (QED) is 0.635. The van der Waals surface area contributed by atoms with Gasteiger partial charge in [0, 0.05) is 10.5 Å². The Hall–Kier alpha value is 0. The molecule has 1 N–H and O–H groups in total. The predicted molar refractivity (Wildman–Crippen MR) is 71.5 cm³/mol. The molecule has 0 rings (SSSR count). The molecule has 0 aliphatic heterocycles. The minimum absolute atomic E-state index is 0.326. The predicted octanol–water partition coefficient (Wildman–Crippen LogP) is 3.36. The molecule has 0 aromatic heterocycles. The highest BCUT2D eigenvalue weighted by molar-refractivity contribution is 14.1. The molecule has 90 valence electrons. The normalized spacial score (nSPS) is 15.6. The van der Waals surface area contributed by atoms with E-state index in [0.717, 1.165) is 6.42 Å². The fraction of sp³-hybridized carbons (Fsp3) is 0.909. The van der Waals surface area contributed by atoms with Gasteiger partial charge in [-0.25, -0.2) is 4.79 Å². The van der Waals surface area contributed by atoms with Gasteiger partial charge in [-0.2, -0.15) is 0 Å². The monoisotopic (exact) mass is 327 g/mol. The molecule has 0 fully saturated rings. The van der Waals surface area contributed by atoms with Crippen LogP contribution >= 0.6 is 22.6 Å². The van der Waals surface area contributed by atoms with Crippen LogP contribution in [0.2, 0.25) is 0 Å². The number of halogens is 1. The van der Waals surface area contributed by atoms with E-state index in [-0.39, 0.29) is 6.09 Å². The van der Waals surface area contributed by atoms with Gasteiger partial charge in [-0.15, -0.1) is 0 Å². The minimum Gasteiger partial charge on any atom is -0.444 e. The maximum absolute atomic E-state index is 11.3. The molecular weight excluding hydrogens is 305 g/mol. The zero-order chi connectivity index (χ0) is 12.1. The summed E-state index contributed by atoms with van der Waals surface area (Å²) in [5.41, 5.74) is -0.415. The van der Waals surface area contributed by atoms with Crippen LogP contribution in [-0.2, 0) is 4.74 Å². The average molecular weight is 327 g/mol. The molecule has 15 heavy (non-hydrogen) atoms. The zero-order valence-electron chi connectivity index (χ0n) is 10.3. The zero-order valence-corrected chi connectivity index (χ0v) is 12.4. The number of amides is 1. The standard InChI is InChI=1S/C11H22INO2/c1-6-8(2)9(12)7-13-10(14)15-11(3,4)5/h8-9H,6-7H2,1-5H3,(H,13,14)/t8?,9-/m1/s1. The first-order chi connectivity index (χ1) is 6.76. The largest absolute Gasteiger partial charge is 0.444 e. The van der Waals surface area contributed by atoms with Crippen molar-refractivity contribution >= 4 is 28.7 Å². The summed E-state index contributed by atoms with van der Waals surface area (Å²) in [5.74, 6) is 0.612. The fourth-order valence-corrected chi connectivity index (χ4v) is 1.68. The van der Waals surface area contributed by atoms with Crippen LogP contribution in [0, 0.1) is 5.92 Å². The molecule has 0 bridgehead atoms. The van der Waals surface area contributed by atoms with E-state index in [0.29, 0.717) is 16.4 Å². The van der Waals surface area contributed by atoms with Gasteiger partial charge in [-0.3, -0.25) is 0 Å². The van der Waals surface area contributed by atoms with Crippen LogP contribution in [0.3, 0.4) is 0 Å². The van der Waals surface area contributed by atoms with Crippen LogP contribution in [-0.4, -0.2) is 22.2 Å². The van der Waals surface area contributed by atoms with E-state index in [9.17, 15) is 4.79 Å². The maximum atomic E-state index is 11.3. The van der Waals surface area contributed by atoms with E-state index >= 15 is 0 Å². The van der Waals surface area contributed by atoms with E-state index in [4.69, 9.17) is 4.74 Å². The van der Waals surface area contributed by atoms with E-state index in [2.05, 4.69) is 41.8 Å². The second-order valence-corrected chi connectivity index (χ2v) is 6.38. The molecule has 2 atom stereocenters. The summed E-state index contributed by atoms with van der Waals surface area (Å²) >= 11 is 2.37. The number of ether oxygens (including phenoxy) is 1. The van der Waals surface area contributed by atoms with Crippen molar-refractivity contribution in [3.63, 3.8) is 0 Å². The third kappa shape index (κ3) is 7.88. The van der Waals surface area contributed by atoms with Crippen molar-refractivity contribution in [2.75, 3.05) is 6.54 Å². The number of hydrogen-bond donors (Lipinski definition) is 1. The Morgan fingerprint density at radius 2 is 2.00 bits per heavy atom. The van der Waals surface area contributed by atoms with Gasteiger partial charge in [0.05, 0.1) is 0 Å². The molecule has 4 heteroatoms. The molecule has 0 radical (unpaired) electrons. The second-order valence-electron chi connectivity index (χ2n) is 4.78. The van der Waals surface area contributed by atoms with Crippen LogP contribution in [0.4, 0.5) is 4.79 Å². The lowest BCUT2D eigenvalue weighted by molar-refractivity contribution is 0.0527. The summed E-state index contributed by atoms with van der Waals surface area (Å²) in [4.78, 5) is 11.3. The van der Waals surface area contributed by atoms with Gasteiger partial charge in [-0.05, 0) is 26.7 Å². The number of carbonyl (C=O) groups is 1. The van der Waals surface area contributed by atoms with Crippen LogP contribution < -0.4 is 5.32 Å². The Balaban J connectivity index is 3.81. The van der Waals surface area contributed by atoms with E-state index in [1.165, 1.54) is 0 Å². The summed E-state index contributed by atoms with van der Waals surface area (Å²) in [5, 5.41) is 2.79. The number of alkyl halides is 1. The van der Waals surface area contributed by atoms with Gasteiger partial charge in [-0.1, -0.05) is 42.9 Å². The van der Waals surface area contributed by atoms with Gasteiger partial charge >= 0.3 is 6.09 Å². The molecule has 0 aliphatic carbocycles. The first-order valence-corrected chi connectivity index (χ1v) is 6.61. The lowest BCUT2D eigenvalue weighted by Gasteiger charge is -2.21. The number of hydrogen-bond acceptors (Lipinski definition) is 2. The highest BCUT2D eigenvalue weighted by atomic mass is 127. The van der Waals surface area contributed by atoms with E-state index < -0.39 is 5.60 Å². The Labute approximate surface area is 106 Å². The average Bonchev–Trinajstić information content (AvgIpc) is 2.10. The molecule has 0 aromatic rings. The van der Waals surface area contributed by atoms with Crippen molar-refractivity contribution in [2.45, 2.75) is 50.6 Å². The number of alkyl carbamates (subject to hydrolysis) is 1. The third-order valence-electron chi connectivity index (χ3n) is 2.10. The van der Waals surface area contributed by atoms with Crippen molar-refractivity contribution in [2.24, 2.45) is 5.92 Å². The molecule has 0 aromatic carbocycles. The van der Waals surface area contributed by atoms with Crippen LogP contribution in [0.5, 0.6) is 0 Å². The molecular formula is C11H22INO2. The summed E-state index contributed by atoms with van der Waals surface area (Å²) in [7, 11) is 0. The highest BCUT2D eigenvalue weighted by Crippen LogP contribution is 2.15. The third-order valence-corrected chi connectivity index (χ3v) is 3.77. The molecule has 0 heterocycles. The Kier molecular flexibility index (Phi) is 6.55. The van der Waals surface area contributed by atoms with Crippen LogP contribution in [0.15, 0.2) is 0 Å². The first kappa shape index (κ1) is 15.0. The summed E-state index contributed by atoms with van der Waals surface area (Å²) in [6.45, 7) is 10.6. The van der Waals surface area contributed by atoms with Crippen molar-refractivity contribution < 1.29 is 9.53 Å². The Bertz CT molecular complexity index is 201. The molecule has 3 nitrogen and oxygen atoms in total.